The summed E-state index contributed by atoms with van der Waals surface area (Å²) in [5.74, 6) is 0.584. The molecule has 0 amide bonds. The molecule has 0 radical (unpaired) electrons. The van der Waals surface area contributed by atoms with Gasteiger partial charge in [0.1, 0.15) is 0 Å². The first-order chi connectivity index (χ1) is 10.1. The average Bonchev–Trinajstić information content (AvgIpc) is 2.50. The van der Waals surface area contributed by atoms with E-state index in [0.717, 1.165) is 17.7 Å². The van der Waals surface area contributed by atoms with E-state index in [4.69, 9.17) is 17.2 Å². The molecule has 0 spiro atoms. The van der Waals surface area contributed by atoms with Gasteiger partial charge < -0.3 is 0 Å². The molecule has 0 aliphatic rings. The number of hydrogen-bond acceptors (Lipinski definition) is 5. The summed E-state index contributed by atoms with van der Waals surface area (Å²) in [7, 11) is 3.30. The predicted molar refractivity (Wildman–Crippen MR) is 74.6 cm³/mol. The fraction of sp³-hybridized carbons (Fsp3) is 0.533. The van der Waals surface area contributed by atoms with Crippen molar-refractivity contribution in [1.29, 1.82) is 0 Å². The van der Waals surface area contributed by atoms with Gasteiger partial charge in [-0.1, -0.05) is 0 Å². The zero-order valence-electron chi connectivity index (χ0n) is 12.9. The molecule has 0 bridgehead atoms. The quantitative estimate of drug-likeness (QED) is 0.548. The number of carbonyl (C=O) groups excluding carboxylic acids is 1. The Balaban J connectivity index is 2.84. The fourth-order valence-electron chi connectivity index (χ4n) is 2.29. The van der Waals surface area contributed by atoms with Gasteiger partial charge in [-0.05, 0) is 0 Å². The van der Waals surface area contributed by atoms with Crippen LogP contribution >= 0.6 is 0 Å². The van der Waals surface area contributed by atoms with Crippen LogP contribution in [0.25, 0.3) is 0 Å². The normalized spacial score (nSPS) is 13.1. The van der Waals surface area contributed by atoms with Gasteiger partial charge in [0, 0.05) is 0 Å². The molecule has 0 aromatic heterocycles. The number of carbonyl (C=O) groups is 1. The molecule has 0 aliphatic heterocycles. The van der Waals surface area contributed by atoms with E-state index in [0.29, 0.717) is 6.42 Å². The van der Waals surface area contributed by atoms with Crippen LogP contribution in [0.4, 0.5) is 0 Å². The van der Waals surface area contributed by atoms with Crippen molar-refractivity contribution >= 4 is 5.97 Å². The third-order valence-corrected chi connectivity index (χ3v) is 10.5. The Morgan fingerprint density at radius 3 is 2.43 bits per heavy atom. The molecule has 6 heteroatoms. The number of ether oxygens (including phenoxy) is 2. The van der Waals surface area contributed by atoms with Crippen molar-refractivity contribution in [2.45, 2.75) is 29.3 Å². The van der Waals surface area contributed by atoms with Crippen molar-refractivity contribution in [3.05, 3.63) is 29.8 Å². The van der Waals surface area contributed by atoms with Gasteiger partial charge in [-0.15, -0.1) is 0 Å². The summed E-state index contributed by atoms with van der Waals surface area (Å²) in [5, 5.41) is 9.05. The van der Waals surface area contributed by atoms with E-state index in [9.17, 15) is 4.79 Å². The topological polar surface area (TPSA) is 65.0 Å². The minimum atomic E-state index is -1.89. The van der Waals surface area contributed by atoms with Gasteiger partial charge in [0.05, 0.1) is 0 Å². The summed E-state index contributed by atoms with van der Waals surface area (Å²) in [6, 6.07) is 7.74. The van der Waals surface area contributed by atoms with Crippen LogP contribution in [0.3, 0.4) is 0 Å². The van der Waals surface area contributed by atoms with Crippen LogP contribution in [-0.4, -0.2) is 31.9 Å². The van der Waals surface area contributed by atoms with E-state index < -0.39 is 25.0 Å². The number of benzene rings is 1. The van der Waals surface area contributed by atoms with Gasteiger partial charge in [0.2, 0.25) is 0 Å². The van der Waals surface area contributed by atoms with Crippen LogP contribution in [0.1, 0.15) is 31.4 Å². The molecule has 2 unspecified atom stereocenters. The molecular weight excluding hydrogens is 461 g/mol. The maximum atomic E-state index is 11.1. The molecule has 1 N–H and O–H groups in total. The summed E-state index contributed by atoms with van der Waals surface area (Å²) in [4.78, 5) is 11.1. The Kier molecular flexibility index (Phi) is 8.88. The van der Waals surface area contributed by atoms with Crippen molar-refractivity contribution in [2.75, 3.05) is 20.8 Å². The zero-order chi connectivity index (χ0) is 15.7. The number of methoxy groups -OCH3 is 2. The molecule has 21 heavy (non-hydrogen) atoms. The van der Waals surface area contributed by atoms with Crippen molar-refractivity contribution in [3.8, 4) is 5.75 Å². The Labute approximate surface area is 138 Å². The predicted octanol–water partition coefficient (Wildman–Crippen LogP) is 2.50. The minimum absolute atomic E-state index is 0.0940. The van der Waals surface area contributed by atoms with Gasteiger partial charge >= 0.3 is 139 Å². The second-order valence-electron chi connectivity index (χ2n) is 4.86. The van der Waals surface area contributed by atoms with Crippen LogP contribution in [0.2, 0.25) is 3.43 Å². The van der Waals surface area contributed by atoms with Crippen molar-refractivity contribution in [1.82, 2.24) is 0 Å². The molecule has 0 aliphatic carbocycles. The van der Waals surface area contributed by atoms with E-state index in [2.05, 4.69) is 0 Å². The third-order valence-electron chi connectivity index (χ3n) is 3.36. The fourth-order valence-corrected chi connectivity index (χ4v) is 8.29. The van der Waals surface area contributed by atoms with Crippen LogP contribution in [0.15, 0.2) is 24.3 Å². The Morgan fingerprint density at radius 2 is 1.95 bits per heavy atom. The van der Waals surface area contributed by atoms with Crippen LogP contribution in [0, 0.1) is 0 Å². The SMILES string of the molecule is COc1ccc(C(OC)[CH](CCCO)[Hg][O]C(C)=O)cc1. The second-order valence-corrected chi connectivity index (χ2v) is 11.4. The molecule has 5 nitrogen and oxygen atoms in total. The first-order valence-electron chi connectivity index (χ1n) is 7.03. The number of rotatable bonds is 9. The van der Waals surface area contributed by atoms with E-state index >= 15 is 0 Å². The Hall–Kier alpha value is -0.655. The van der Waals surface area contributed by atoms with Crippen LogP contribution < -0.4 is 4.74 Å². The third kappa shape index (κ3) is 6.32. The molecule has 1 aromatic rings. The van der Waals surface area contributed by atoms with Gasteiger partial charge in [0.15, 0.2) is 0 Å². The monoisotopic (exact) mass is 484 g/mol. The van der Waals surface area contributed by atoms with Gasteiger partial charge in [0.25, 0.3) is 0 Å². The molecule has 114 valence electrons. The number of hydrogen-bond donors (Lipinski definition) is 1. The molecule has 1 aromatic carbocycles. The first kappa shape index (κ1) is 18.4. The van der Waals surface area contributed by atoms with Gasteiger partial charge in [-0.3, -0.25) is 0 Å². The van der Waals surface area contributed by atoms with E-state index in [1.165, 1.54) is 6.92 Å². The van der Waals surface area contributed by atoms with E-state index in [1.54, 1.807) is 14.2 Å². The van der Waals surface area contributed by atoms with Crippen LogP contribution in [0.5, 0.6) is 5.75 Å². The summed E-state index contributed by atoms with van der Waals surface area (Å²) in [5.41, 5.74) is 1.05. The standard InChI is InChI=1S/C13H19O3.C2H4O2.Hg/c1-15-12-8-6-11(7-9-12)13(16-2)5-3-4-10-14;1-2(3)4;/h5-9,13-14H,3-4,10H2,1-2H3;1H3,(H,3,4);/q;;+1/p-1. The van der Waals surface area contributed by atoms with E-state index in [-0.39, 0.29) is 22.1 Å². The maximum absolute atomic E-state index is 11.1. The molecule has 0 fully saturated rings. The van der Waals surface area contributed by atoms with Crippen LogP contribution in [-0.2, 0) is 37.2 Å². The molecular formula is C15H22HgO5. The molecule has 0 heterocycles. The molecule has 0 saturated heterocycles. The average molecular weight is 483 g/mol. The molecule has 2 atom stereocenters. The Bertz CT molecular complexity index is 421. The van der Waals surface area contributed by atoms with E-state index in [1.807, 2.05) is 24.3 Å². The number of aliphatic hydroxyl groups is 1. The van der Waals surface area contributed by atoms with Crippen molar-refractivity contribution < 1.29 is 47.1 Å². The summed E-state index contributed by atoms with van der Waals surface area (Å²) >= 11 is -1.89. The van der Waals surface area contributed by atoms with Crippen molar-refractivity contribution in [2.24, 2.45) is 0 Å². The summed E-state index contributed by atoms with van der Waals surface area (Å²) in [6.45, 7) is 1.59. The summed E-state index contributed by atoms with van der Waals surface area (Å²) in [6.07, 6.45) is 1.42. The number of aliphatic hydroxyl groups excluding tert-OH is 1. The second kappa shape index (κ2) is 10.1. The van der Waals surface area contributed by atoms with Gasteiger partial charge in [-0.2, -0.15) is 0 Å². The molecule has 1 rings (SSSR count). The van der Waals surface area contributed by atoms with Crippen molar-refractivity contribution in [3.63, 3.8) is 0 Å². The Morgan fingerprint density at radius 1 is 1.29 bits per heavy atom. The summed E-state index contributed by atoms with van der Waals surface area (Å²) < 4.78 is 16.4. The first-order valence-corrected chi connectivity index (χ1v) is 12.4. The van der Waals surface area contributed by atoms with Gasteiger partial charge in [-0.25, -0.2) is 0 Å². The molecule has 0 saturated carbocycles. The zero-order valence-corrected chi connectivity index (χ0v) is 18.4.